The number of imidazole rings is 1. The standard InChI is InChI=1S/C13H18N4O2S2.C2HF3O2/c1-21(18,19)14-7-11-8-17-5-4-16(10-13(17)15-11)9-12-3-2-6-20-12;3-2(4,5)1(6)7/h2-3,6,8,14H,4-5,7,9-10H2,1H3;(H,6,7). The zero-order valence-corrected chi connectivity index (χ0v) is 16.4. The maximum atomic E-state index is 11.1. The van der Waals surface area contributed by atoms with Crippen molar-refractivity contribution in [3.8, 4) is 0 Å². The van der Waals surface area contributed by atoms with Gasteiger partial charge in [-0.15, -0.1) is 11.3 Å². The molecule has 3 rings (SSSR count). The van der Waals surface area contributed by atoms with Crippen molar-refractivity contribution in [3.63, 3.8) is 0 Å². The highest BCUT2D eigenvalue weighted by molar-refractivity contribution is 7.88. The lowest BCUT2D eigenvalue weighted by atomic mass is 10.3. The fourth-order valence-electron chi connectivity index (χ4n) is 2.41. The molecular weight excluding hydrogens is 421 g/mol. The van der Waals surface area contributed by atoms with Crippen LogP contribution in [-0.2, 0) is 41.0 Å². The van der Waals surface area contributed by atoms with Crippen LogP contribution in [0.5, 0.6) is 0 Å². The van der Waals surface area contributed by atoms with E-state index in [0.717, 1.165) is 44.0 Å². The average Bonchev–Trinajstić information content (AvgIpc) is 3.20. The van der Waals surface area contributed by atoms with Crippen molar-refractivity contribution in [1.82, 2.24) is 19.2 Å². The minimum absolute atomic E-state index is 0.254. The SMILES string of the molecule is CS(=O)(=O)NCc1cn2c(n1)CN(Cc1cccs1)CC2.O=C(O)C(F)(F)F. The molecule has 2 aromatic rings. The number of hydrogen-bond acceptors (Lipinski definition) is 6. The second-order valence-electron chi connectivity index (χ2n) is 6.03. The number of nitrogens with zero attached hydrogens (tertiary/aromatic N) is 3. The van der Waals surface area contributed by atoms with E-state index in [1.165, 1.54) is 4.88 Å². The summed E-state index contributed by atoms with van der Waals surface area (Å²) in [6, 6.07) is 4.22. The predicted octanol–water partition coefficient (Wildman–Crippen LogP) is 1.64. The molecule has 2 aromatic heterocycles. The van der Waals surface area contributed by atoms with Gasteiger partial charge in [0.25, 0.3) is 0 Å². The maximum absolute atomic E-state index is 11.1. The lowest BCUT2D eigenvalue weighted by Crippen LogP contribution is -2.32. The van der Waals surface area contributed by atoms with Crippen LogP contribution in [0, 0.1) is 0 Å². The third-order valence-electron chi connectivity index (χ3n) is 3.65. The van der Waals surface area contributed by atoms with E-state index in [2.05, 4.69) is 36.7 Å². The zero-order chi connectivity index (χ0) is 20.9. The summed E-state index contributed by atoms with van der Waals surface area (Å²) in [5.74, 6) is -1.75. The summed E-state index contributed by atoms with van der Waals surface area (Å²) in [6.07, 6.45) is -1.98. The number of sulfonamides is 1. The van der Waals surface area contributed by atoms with Crippen molar-refractivity contribution in [2.45, 2.75) is 32.4 Å². The molecule has 1 aliphatic heterocycles. The Hall–Kier alpha value is -1.96. The summed E-state index contributed by atoms with van der Waals surface area (Å²) in [7, 11) is -3.18. The highest BCUT2D eigenvalue weighted by atomic mass is 32.2. The first-order valence-electron chi connectivity index (χ1n) is 7.98. The van der Waals surface area contributed by atoms with Gasteiger partial charge in [0, 0.05) is 30.7 Å². The molecule has 13 heteroatoms. The van der Waals surface area contributed by atoms with Gasteiger partial charge in [-0.1, -0.05) is 6.07 Å². The number of alkyl halides is 3. The quantitative estimate of drug-likeness (QED) is 0.733. The van der Waals surface area contributed by atoms with Crippen molar-refractivity contribution in [2.75, 3.05) is 12.8 Å². The number of halogens is 3. The second kappa shape index (κ2) is 9.03. The van der Waals surface area contributed by atoms with Gasteiger partial charge in [-0.3, -0.25) is 4.90 Å². The monoisotopic (exact) mass is 440 g/mol. The largest absolute Gasteiger partial charge is 0.490 e. The van der Waals surface area contributed by atoms with Crippen molar-refractivity contribution in [2.24, 2.45) is 0 Å². The normalized spacial score (nSPS) is 14.9. The number of thiophene rings is 1. The van der Waals surface area contributed by atoms with Gasteiger partial charge in [-0.2, -0.15) is 13.2 Å². The van der Waals surface area contributed by atoms with Gasteiger partial charge in [0.05, 0.1) is 25.0 Å². The Balaban J connectivity index is 0.000000345. The van der Waals surface area contributed by atoms with Crippen LogP contribution in [-0.4, -0.2) is 52.9 Å². The lowest BCUT2D eigenvalue weighted by Gasteiger charge is -2.26. The van der Waals surface area contributed by atoms with E-state index in [4.69, 9.17) is 9.90 Å². The maximum Gasteiger partial charge on any atom is 0.490 e. The molecule has 0 saturated carbocycles. The summed E-state index contributed by atoms with van der Waals surface area (Å²) in [5.41, 5.74) is 0.772. The number of aromatic nitrogens is 2. The number of rotatable bonds is 5. The molecule has 0 saturated heterocycles. The van der Waals surface area contributed by atoms with Gasteiger partial charge < -0.3 is 9.67 Å². The summed E-state index contributed by atoms with van der Waals surface area (Å²) < 4.78 is 58.6. The fraction of sp³-hybridized carbons (Fsp3) is 0.467. The number of nitrogens with one attached hydrogen (secondary N) is 1. The van der Waals surface area contributed by atoms with Crippen LogP contribution < -0.4 is 4.72 Å². The molecule has 0 unspecified atom stereocenters. The van der Waals surface area contributed by atoms with Crippen LogP contribution in [0.3, 0.4) is 0 Å². The van der Waals surface area contributed by atoms with Gasteiger partial charge in [0.1, 0.15) is 5.82 Å². The van der Waals surface area contributed by atoms with E-state index in [0.29, 0.717) is 0 Å². The summed E-state index contributed by atoms with van der Waals surface area (Å²) >= 11 is 1.77. The number of fused-ring (bicyclic) bond motifs is 1. The number of aliphatic carboxylic acids is 1. The highest BCUT2D eigenvalue weighted by Gasteiger charge is 2.38. The topological polar surface area (TPSA) is 105 Å². The van der Waals surface area contributed by atoms with Crippen molar-refractivity contribution < 1.29 is 31.5 Å². The van der Waals surface area contributed by atoms with E-state index >= 15 is 0 Å². The van der Waals surface area contributed by atoms with Gasteiger partial charge in [0.15, 0.2) is 0 Å². The highest BCUT2D eigenvalue weighted by Crippen LogP contribution is 2.18. The zero-order valence-electron chi connectivity index (χ0n) is 14.8. The molecule has 0 spiro atoms. The minimum Gasteiger partial charge on any atom is -0.475 e. The van der Waals surface area contributed by atoms with Crippen LogP contribution in [0.2, 0.25) is 0 Å². The van der Waals surface area contributed by atoms with Gasteiger partial charge in [-0.05, 0) is 11.4 Å². The molecule has 3 heterocycles. The van der Waals surface area contributed by atoms with Gasteiger partial charge in [0.2, 0.25) is 10.0 Å². The first-order chi connectivity index (χ1) is 12.9. The predicted molar refractivity (Wildman–Crippen MR) is 96.0 cm³/mol. The molecule has 8 nitrogen and oxygen atoms in total. The van der Waals surface area contributed by atoms with Crippen LogP contribution >= 0.6 is 11.3 Å². The van der Waals surface area contributed by atoms with E-state index < -0.39 is 22.2 Å². The lowest BCUT2D eigenvalue weighted by molar-refractivity contribution is -0.192. The van der Waals surface area contributed by atoms with Crippen LogP contribution in [0.4, 0.5) is 13.2 Å². The molecule has 0 radical (unpaired) electrons. The van der Waals surface area contributed by atoms with Crippen molar-refractivity contribution in [3.05, 3.63) is 40.1 Å². The Bertz CT molecular complexity index is 895. The molecule has 156 valence electrons. The Morgan fingerprint density at radius 1 is 1.39 bits per heavy atom. The number of carbonyl (C=O) groups is 1. The molecule has 28 heavy (non-hydrogen) atoms. The summed E-state index contributed by atoms with van der Waals surface area (Å²) in [6.45, 7) is 3.88. The Morgan fingerprint density at radius 2 is 2.07 bits per heavy atom. The van der Waals surface area contributed by atoms with Crippen molar-refractivity contribution in [1.29, 1.82) is 0 Å². The Labute approximate surface area is 163 Å². The van der Waals surface area contributed by atoms with Crippen LogP contribution in [0.1, 0.15) is 16.4 Å². The fourth-order valence-corrected chi connectivity index (χ4v) is 3.57. The molecule has 0 bridgehead atoms. The van der Waals surface area contributed by atoms with Crippen LogP contribution in [0.25, 0.3) is 0 Å². The Kier molecular flexibility index (Phi) is 7.20. The smallest absolute Gasteiger partial charge is 0.475 e. The van der Waals surface area contributed by atoms with E-state index in [1.54, 1.807) is 11.3 Å². The molecule has 0 aliphatic carbocycles. The average molecular weight is 440 g/mol. The Morgan fingerprint density at radius 3 is 2.61 bits per heavy atom. The molecule has 0 aromatic carbocycles. The third kappa shape index (κ3) is 7.22. The van der Waals surface area contributed by atoms with E-state index in [9.17, 15) is 21.6 Å². The molecule has 1 aliphatic rings. The third-order valence-corrected chi connectivity index (χ3v) is 5.18. The molecule has 0 amide bonds. The minimum atomic E-state index is -5.08. The van der Waals surface area contributed by atoms with Crippen LogP contribution in [0.15, 0.2) is 23.7 Å². The first-order valence-corrected chi connectivity index (χ1v) is 10.8. The number of carboxylic acids is 1. The number of hydrogen-bond donors (Lipinski definition) is 2. The molecule has 0 atom stereocenters. The molecule has 2 N–H and O–H groups in total. The second-order valence-corrected chi connectivity index (χ2v) is 8.89. The number of carboxylic acid groups (broad SMARTS) is 1. The molecule has 0 fully saturated rings. The van der Waals surface area contributed by atoms with E-state index in [1.807, 2.05) is 6.20 Å². The summed E-state index contributed by atoms with van der Waals surface area (Å²) in [5, 5.41) is 9.22. The van der Waals surface area contributed by atoms with Crippen molar-refractivity contribution >= 4 is 27.3 Å². The first kappa shape index (κ1) is 22.3. The van der Waals surface area contributed by atoms with E-state index in [-0.39, 0.29) is 6.54 Å². The van der Waals surface area contributed by atoms with Gasteiger partial charge >= 0.3 is 12.1 Å². The van der Waals surface area contributed by atoms with Gasteiger partial charge in [-0.25, -0.2) is 22.9 Å². The summed E-state index contributed by atoms with van der Waals surface area (Å²) in [4.78, 5) is 17.1. The molecular formula is C15H19F3N4O4S2.